The Morgan fingerprint density at radius 2 is 2.00 bits per heavy atom. The van der Waals surface area contributed by atoms with E-state index in [1.54, 1.807) is 0 Å². The van der Waals surface area contributed by atoms with E-state index in [-0.39, 0.29) is 6.03 Å². The van der Waals surface area contributed by atoms with Crippen LogP contribution in [0.25, 0.3) is 11.0 Å². The number of amides is 2. The van der Waals surface area contributed by atoms with Crippen molar-refractivity contribution in [2.45, 2.75) is 26.8 Å². The molecule has 2 aromatic heterocycles. The number of benzene rings is 1. The summed E-state index contributed by atoms with van der Waals surface area (Å²) in [4.78, 5) is 16.6. The highest BCUT2D eigenvalue weighted by molar-refractivity contribution is 9.10. The summed E-state index contributed by atoms with van der Waals surface area (Å²) in [6, 6.07) is 11.4. The Morgan fingerprint density at radius 1 is 1.23 bits per heavy atom. The summed E-state index contributed by atoms with van der Waals surface area (Å²) in [5.74, 6) is 0.551. The van der Waals surface area contributed by atoms with Gasteiger partial charge in [-0.25, -0.2) is 9.78 Å². The molecule has 2 amide bonds. The van der Waals surface area contributed by atoms with Crippen LogP contribution in [0.5, 0.6) is 0 Å². The minimum atomic E-state index is -0.198. The topological polar surface area (TPSA) is 59.0 Å². The number of aromatic nitrogens is 2. The first kappa shape index (κ1) is 18.5. The quantitative estimate of drug-likeness (QED) is 0.607. The number of nitrogens with one attached hydrogen (secondary N) is 2. The molecule has 0 radical (unpaired) electrons. The molecule has 0 spiro atoms. The van der Waals surface area contributed by atoms with Crippen LogP contribution < -0.4 is 10.6 Å². The molecule has 0 fully saturated rings. The molecule has 0 aliphatic rings. The van der Waals surface area contributed by atoms with Gasteiger partial charge in [0.25, 0.3) is 0 Å². The van der Waals surface area contributed by atoms with E-state index in [4.69, 9.17) is 0 Å². The summed E-state index contributed by atoms with van der Waals surface area (Å²) in [5.41, 5.74) is 2.98. The highest BCUT2D eigenvalue weighted by atomic mass is 79.9. The van der Waals surface area contributed by atoms with Gasteiger partial charge in [-0.1, -0.05) is 29.8 Å². The Bertz CT molecular complexity index is 886. The lowest BCUT2D eigenvalue weighted by Crippen LogP contribution is -2.30. The number of carbonyl (C=O) groups excluding carboxylic acids is 1. The van der Waals surface area contributed by atoms with Crippen LogP contribution in [0.3, 0.4) is 0 Å². The Balaban J connectivity index is 1.61. The van der Waals surface area contributed by atoms with Crippen molar-refractivity contribution in [3.05, 3.63) is 58.8 Å². The van der Waals surface area contributed by atoms with Gasteiger partial charge in [-0.15, -0.1) is 0 Å². The minimum Gasteiger partial charge on any atom is -0.338 e. The van der Waals surface area contributed by atoms with E-state index in [1.165, 1.54) is 5.56 Å². The van der Waals surface area contributed by atoms with Crippen LogP contribution in [0.1, 0.15) is 19.4 Å². The zero-order valence-corrected chi connectivity index (χ0v) is 16.6. The first-order valence-electron chi connectivity index (χ1n) is 8.76. The van der Waals surface area contributed by atoms with Gasteiger partial charge in [-0.05, 0) is 54.3 Å². The van der Waals surface area contributed by atoms with Crippen molar-refractivity contribution in [1.82, 2.24) is 14.9 Å². The Kier molecular flexibility index (Phi) is 5.93. The predicted octanol–water partition coefficient (Wildman–Crippen LogP) is 4.82. The Hall–Kier alpha value is -2.34. The van der Waals surface area contributed by atoms with Crippen LogP contribution in [0, 0.1) is 5.92 Å². The molecule has 0 saturated carbocycles. The molecule has 0 atom stereocenters. The van der Waals surface area contributed by atoms with Gasteiger partial charge in [-0.3, -0.25) is 0 Å². The average Bonchev–Trinajstić information content (AvgIpc) is 2.94. The first-order valence-corrected chi connectivity index (χ1v) is 9.55. The molecule has 2 N–H and O–H groups in total. The second-order valence-electron chi connectivity index (χ2n) is 6.71. The van der Waals surface area contributed by atoms with Crippen molar-refractivity contribution in [2.24, 2.45) is 5.92 Å². The Labute approximate surface area is 161 Å². The smallest absolute Gasteiger partial charge is 0.319 e. The van der Waals surface area contributed by atoms with E-state index >= 15 is 0 Å². The number of carbonyl (C=O) groups is 1. The van der Waals surface area contributed by atoms with E-state index in [9.17, 15) is 4.79 Å². The van der Waals surface area contributed by atoms with Crippen molar-refractivity contribution >= 4 is 38.7 Å². The summed E-state index contributed by atoms with van der Waals surface area (Å²) < 4.78 is 3.19. The number of fused-ring (bicyclic) bond motifs is 1. The molecule has 0 aliphatic heterocycles. The number of hydrogen-bond acceptors (Lipinski definition) is 2. The second-order valence-corrected chi connectivity index (χ2v) is 7.63. The molecule has 6 heteroatoms. The third-order valence-electron chi connectivity index (χ3n) is 4.06. The number of pyridine rings is 1. The van der Waals surface area contributed by atoms with Crippen LogP contribution in [0.15, 0.2) is 53.3 Å². The lowest BCUT2D eigenvalue weighted by Gasteiger charge is -2.07. The second kappa shape index (κ2) is 8.36. The van der Waals surface area contributed by atoms with Crippen LogP contribution >= 0.6 is 15.9 Å². The van der Waals surface area contributed by atoms with Crippen LogP contribution in [-0.4, -0.2) is 22.1 Å². The molecule has 3 aromatic rings. The molecule has 1 aromatic carbocycles. The maximum atomic E-state index is 12.1. The van der Waals surface area contributed by atoms with E-state index in [0.29, 0.717) is 12.5 Å². The first-order chi connectivity index (χ1) is 12.5. The largest absolute Gasteiger partial charge is 0.338 e. The van der Waals surface area contributed by atoms with Crippen molar-refractivity contribution < 1.29 is 4.79 Å². The number of halogens is 1. The van der Waals surface area contributed by atoms with Gasteiger partial charge in [-0.2, -0.15) is 0 Å². The molecule has 5 nitrogen and oxygen atoms in total. The van der Waals surface area contributed by atoms with E-state index in [0.717, 1.165) is 34.2 Å². The average molecular weight is 415 g/mol. The molecule has 26 heavy (non-hydrogen) atoms. The SMILES string of the molecule is CC(C)Cn1cc(CCNC(=O)Nc2ccc(Br)cc2)c2cccnc21. The standard InChI is InChI=1S/C20H23BrN4O/c1-14(2)12-25-13-15(18-4-3-10-22-19(18)25)9-11-23-20(26)24-17-7-5-16(21)6-8-17/h3-8,10,13-14H,9,11-12H2,1-2H3,(H2,23,24,26). The highest BCUT2D eigenvalue weighted by Crippen LogP contribution is 2.21. The van der Waals surface area contributed by atoms with Gasteiger partial charge in [0.05, 0.1) is 0 Å². The maximum absolute atomic E-state index is 12.1. The number of hydrogen-bond donors (Lipinski definition) is 2. The van der Waals surface area contributed by atoms with E-state index in [2.05, 4.69) is 62.2 Å². The van der Waals surface area contributed by atoms with Crippen molar-refractivity contribution in [1.29, 1.82) is 0 Å². The van der Waals surface area contributed by atoms with Crippen molar-refractivity contribution in [2.75, 3.05) is 11.9 Å². The maximum Gasteiger partial charge on any atom is 0.319 e. The van der Waals surface area contributed by atoms with Crippen molar-refractivity contribution in [3.8, 4) is 0 Å². The van der Waals surface area contributed by atoms with Gasteiger partial charge in [0.15, 0.2) is 0 Å². The molecular weight excluding hydrogens is 392 g/mol. The zero-order valence-electron chi connectivity index (χ0n) is 15.0. The zero-order chi connectivity index (χ0) is 18.5. The molecule has 0 bridgehead atoms. The molecular formula is C20H23BrN4O. The van der Waals surface area contributed by atoms with Gasteiger partial charge in [0.2, 0.25) is 0 Å². The predicted molar refractivity (Wildman–Crippen MR) is 109 cm³/mol. The molecule has 3 rings (SSSR count). The highest BCUT2D eigenvalue weighted by Gasteiger charge is 2.10. The van der Waals surface area contributed by atoms with Crippen LogP contribution in [-0.2, 0) is 13.0 Å². The van der Waals surface area contributed by atoms with Crippen LogP contribution in [0.2, 0.25) is 0 Å². The van der Waals surface area contributed by atoms with Crippen LogP contribution in [0.4, 0.5) is 10.5 Å². The number of nitrogens with zero attached hydrogens (tertiary/aromatic N) is 2. The number of rotatable bonds is 6. The molecule has 2 heterocycles. The normalized spacial score (nSPS) is 11.1. The van der Waals surface area contributed by atoms with E-state index < -0.39 is 0 Å². The fraction of sp³-hybridized carbons (Fsp3) is 0.300. The number of urea groups is 1. The molecule has 0 unspecified atom stereocenters. The summed E-state index contributed by atoms with van der Waals surface area (Å²) >= 11 is 3.38. The lowest BCUT2D eigenvalue weighted by atomic mass is 10.1. The van der Waals surface area contributed by atoms with Crippen molar-refractivity contribution in [3.63, 3.8) is 0 Å². The monoisotopic (exact) mass is 414 g/mol. The third-order valence-corrected chi connectivity index (χ3v) is 4.59. The molecule has 0 saturated heterocycles. The van der Waals surface area contributed by atoms with Gasteiger partial charge < -0.3 is 15.2 Å². The van der Waals surface area contributed by atoms with Gasteiger partial charge >= 0.3 is 6.03 Å². The number of anilines is 1. The van der Waals surface area contributed by atoms with Gasteiger partial charge in [0.1, 0.15) is 5.65 Å². The fourth-order valence-electron chi connectivity index (χ4n) is 2.95. The summed E-state index contributed by atoms with van der Waals surface area (Å²) in [6.45, 7) is 5.90. The summed E-state index contributed by atoms with van der Waals surface area (Å²) in [7, 11) is 0. The molecule has 0 aliphatic carbocycles. The minimum absolute atomic E-state index is 0.198. The summed E-state index contributed by atoms with van der Waals surface area (Å²) in [6.07, 6.45) is 4.75. The fourth-order valence-corrected chi connectivity index (χ4v) is 3.21. The van der Waals surface area contributed by atoms with Gasteiger partial charge in [0, 0.05) is 41.0 Å². The molecule has 136 valence electrons. The Morgan fingerprint density at radius 3 is 2.73 bits per heavy atom. The van der Waals surface area contributed by atoms with E-state index in [1.807, 2.05) is 36.5 Å². The lowest BCUT2D eigenvalue weighted by molar-refractivity contribution is 0.252. The third kappa shape index (κ3) is 4.64. The summed E-state index contributed by atoms with van der Waals surface area (Å²) in [5, 5.41) is 6.91.